The third kappa shape index (κ3) is 4.56. The van der Waals surface area contributed by atoms with Gasteiger partial charge in [0.2, 0.25) is 5.13 Å². The quantitative estimate of drug-likeness (QED) is 0.498. The van der Waals surface area contributed by atoms with Crippen molar-refractivity contribution in [2.45, 2.75) is 20.3 Å². The smallest absolute Gasteiger partial charge is 0.311 e. The number of anilines is 1. The number of carbonyl (C=O) groups excluding carboxylic acids is 1. The second kappa shape index (κ2) is 7.77. The number of ether oxygens (including phenoxy) is 1. The van der Waals surface area contributed by atoms with Crippen molar-refractivity contribution < 1.29 is 18.3 Å². The van der Waals surface area contributed by atoms with Crippen LogP contribution in [0.25, 0.3) is 0 Å². The molecule has 1 aromatic heterocycles. The van der Waals surface area contributed by atoms with Crippen LogP contribution in [-0.2, 0) is 16.0 Å². The van der Waals surface area contributed by atoms with Crippen molar-refractivity contribution in [1.29, 1.82) is 0 Å². The molecule has 0 spiro atoms. The fraction of sp³-hybridized carbons (Fsp3) is 0.267. The summed E-state index contributed by atoms with van der Waals surface area (Å²) in [4.78, 5) is 15.5. The Kier molecular flexibility index (Phi) is 5.75. The van der Waals surface area contributed by atoms with Crippen LogP contribution in [0.15, 0.2) is 22.6 Å². The average molecular weight is 339 g/mol. The Labute approximate surface area is 136 Å². The molecular formula is C15H15F2N3O2S. The Bertz CT molecular complexity index is 732. The zero-order chi connectivity index (χ0) is 16.8. The molecule has 23 heavy (non-hydrogen) atoms. The van der Waals surface area contributed by atoms with Crippen molar-refractivity contribution in [2.75, 3.05) is 12.0 Å². The molecule has 0 radical (unpaired) electrons. The number of rotatable bonds is 6. The minimum Gasteiger partial charge on any atom is -0.466 e. The first kappa shape index (κ1) is 17.0. The summed E-state index contributed by atoms with van der Waals surface area (Å²) < 4.78 is 31.9. The number of halogens is 2. The van der Waals surface area contributed by atoms with Crippen molar-refractivity contribution in [3.8, 4) is 0 Å². The number of aromatic nitrogens is 1. The van der Waals surface area contributed by atoms with Crippen LogP contribution in [0.1, 0.15) is 23.7 Å². The topological polar surface area (TPSA) is 63.6 Å². The van der Waals surface area contributed by atoms with E-state index in [4.69, 9.17) is 4.74 Å². The molecular weight excluding hydrogens is 324 g/mol. The van der Waals surface area contributed by atoms with Gasteiger partial charge in [-0.25, -0.2) is 13.8 Å². The van der Waals surface area contributed by atoms with E-state index in [1.165, 1.54) is 36.6 Å². The van der Waals surface area contributed by atoms with E-state index < -0.39 is 11.6 Å². The van der Waals surface area contributed by atoms with Crippen molar-refractivity contribution in [3.05, 3.63) is 46.0 Å². The molecule has 0 aliphatic rings. The largest absolute Gasteiger partial charge is 0.466 e. The highest BCUT2D eigenvalue weighted by atomic mass is 32.1. The molecule has 0 unspecified atom stereocenters. The fourth-order valence-electron chi connectivity index (χ4n) is 1.72. The van der Waals surface area contributed by atoms with Gasteiger partial charge in [0.05, 0.1) is 24.9 Å². The monoisotopic (exact) mass is 339 g/mol. The molecule has 1 aromatic carbocycles. The molecule has 0 bridgehead atoms. The minimum atomic E-state index is -0.947. The third-order valence-electron chi connectivity index (χ3n) is 2.85. The van der Waals surface area contributed by atoms with Crippen molar-refractivity contribution >= 4 is 28.7 Å². The molecule has 0 atom stereocenters. The predicted molar refractivity (Wildman–Crippen MR) is 84.8 cm³/mol. The van der Waals surface area contributed by atoms with Crippen LogP contribution in [0.5, 0.6) is 0 Å². The van der Waals surface area contributed by atoms with E-state index in [2.05, 4.69) is 15.5 Å². The lowest BCUT2D eigenvalue weighted by Gasteiger charge is -2.01. The summed E-state index contributed by atoms with van der Waals surface area (Å²) in [6.07, 6.45) is 1.25. The van der Waals surface area contributed by atoms with Crippen molar-refractivity contribution in [3.63, 3.8) is 0 Å². The molecule has 0 saturated carbocycles. The van der Waals surface area contributed by atoms with Gasteiger partial charge in [-0.05, 0) is 25.5 Å². The highest BCUT2D eigenvalue weighted by Crippen LogP contribution is 2.17. The maximum absolute atomic E-state index is 13.6. The van der Waals surface area contributed by atoms with E-state index in [0.29, 0.717) is 17.4 Å². The number of aryl methyl sites for hydroxylation is 1. The van der Waals surface area contributed by atoms with Crippen LogP contribution in [0.3, 0.4) is 0 Å². The molecule has 5 nitrogen and oxygen atoms in total. The first-order chi connectivity index (χ1) is 11.0. The number of nitrogens with one attached hydrogen (secondary N) is 1. The van der Waals surface area contributed by atoms with Crippen LogP contribution >= 0.6 is 11.3 Å². The highest BCUT2D eigenvalue weighted by molar-refractivity contribution is 7.13. The third-order valence-corrected chi connectivity index (χ3v) is 3.65. The van der Waals surface area contributed by atoms with Gasteiger partial charge in [-0.2, -0.15) is 5.10 Å². The van der Waals surface area contributed by atoms with Gasteiger partial charge in [0.1, 0.15) is 0 Å². The number of nitrogens with zero attached hydrogens (tertiary/aromatic N) is 2. The van der Waals surface area contributed by atoms with E-state index in [0.717, 1.165) is 0 Å². The van der Waals surface area contributed by atoms with E-state index >= 15 is 0 Å². The van der Waals surface area contributed by atoms with Crippen LogP contribution in [-0.4, -0.2) is 23.8 Å². The Balaban J connectivity index is 1.97. The molecule has 0 aliphatic carbocycles. The first-order valence-electron chi connectivity index (χ1n) is 6.85. The van der Waals surface area contributed by atoms with Gasteiger partial charge in [-0.15, -0.1) is 11.3 Å². The fourth-order valence-corrected chi connectivity index (χ4v) is 2.38. The summed E-state index contributed by atoms with van der Waals surface area (Å²) in [7, 11) is 0. The van der Waals surface area contributed by atoms with Crippen LogP contribution in [0, 0.1) is 18.6 Å². The van der Waals surface area contributed by atoms with Gasteiger partial charge < -0.3 is 4.74 Å². The molecule has 0 aliphatic heterocycles. The van der Waals surface area contributed by atoms with Gasteiger partial charge >= 0.3 is 5.97 Å². The first-order valence-corrected chi connectivity index (χ1v) is 7.73. The summed E-state index contributed by atoms with van der Waals surface area (Å²) in [6.45, 7) is 3.53. The number of carbonyl (C=O) groups is 1. The molecule has 2 rings (SSSR count). The molecule has 0 amide bonds. The zero-order valence-electron chi connectivity index (χ0n) is 12.6. The summed E-state index contributed by atoms with van der Waals surface area (Å²) >= 11 is 1.24. The molecule has 122 valence electrons. The zero-order valence-corrected chi connectivity index (χ0v) is 13.4. The number of esters is 1. The Morgan fingerprint density at radius 2 is 2.22 bits per heavy atom. The van der Waals surface area contributed by atoms with Gasteiger partial charge in [0.15, 0.2) is 11.6 Å². The molecule has 0 fully saturated rings. The summed E-state index contributed by atoms with van der Waals surface area (Å²) in [5.74, 6) is -2.19. The maximum atomic E-state index is 13.6. The Morgan fingerprint density at radius 3 is 2.96 bits per heavy atom. The summed E-state index contributed by atoms with van der Waals surface area (Å²) in [5.41, 5.74) is 3.43. The van der Waals surface area contributed by atoms with Gasteiger partial charge in [0.25, 0.3) is 0 Å². The van der Waals surface area contributed by atoms with E-state index in [1.807, 2.05) is 0 Å². The van der Waals surface area contributed by atoms with Crippen LogP contribution < -0.4 is 5.43 Å². The lowest BCUT2D eigenvalue weighted by atomic mass is 10.1. The van der Waals surface area contributed by atoms with Gasteiger partial charge in [-0.1, -0.05) is 6.07 Å². The maximum Gasteiger partial charge on any atom is 0.311 e. The van der Waals surface area contributed by atoms with Crippen LogP contribution in [0.2, 0.25) is 0 Å². The predicted octanol–water partition coefficient (Wildman–Crippen LogP) is 3.28. The van der Waals surface area contributed by atoms with E-state index in [-0.39, 0.29) is 23.5 Å². The Hall–Kier alpha value is -2.35. The SMILES string of the molecule is CCOC(=O)Cc1csc(NN=Cc2ccc(C)c(F)c2F)n1. The van der Waals surface area contributed by atoms with E-state index in [1.54, 1.807) is 12.3 Å². The summed E-state index contributed by atoms with van der Waals surface area (Å²) in [5, 5.41) is 5.96. The summed E-state index contributed by atoms with van der Waals surface area (Å²) in [6, 6.07) is 2.91. The molecule has 1 N–H and O–H groups in total. The second-order valence-electron chi connectivity index (χ2n) is 4.60. The number of benzene rings is 1. The standard InChI is InChI=1S/C15H15F2N3O2S/c1-3-22-12(21)6-11-8-23-15(19-11)20-18-7-10-5-4-9(2)13(16)14(10)17/h4-5,7-8H,3,6H2,1-2H3,(H,19,20). The van der Waals surface area contributed by atoms with E-state index in [9.17, 15) is 13.6 Å². The van der Waals surface area contributed by atoms with Gasteiger partial charge in [-0.3, -0.25) is 10.2 Å². The van der Waals surface area contributed by atoms with Gasteiger partial charge in [0, 0.05) is 10.9 Å². The highest BCUT2D eigenvalue weighted by Gasteiger charge is 2.10. The molecule has 8 heteroatoms. The second-order valence-corrected chi connectivity index (χ2v) is 5.45. The Morgan fingerprint density at radius 1 is 1.43 bits per heavy atom. The minimum absolute atomic E-state index is 0.0314. The normalized spacial score (nSPS) is 11.0. The van der Waals surface area contributed by atoms with Crippen molar-refractivity contribution in [1.82, 2.24) is 4.98 Å². The molecule has 1 heterocycles. The lowest BCUT2D eigenvalue weighted by Crippen LogP contribution is -2.07. The number of hydrogen-bond donors (Lipinski definition) is 1. The molecule has 2 aromatic rings. The average Bonchev–Trinajstić information content (AvgIpc) is 2.95. The lowest BCUT2D eigenvalue weighted by molar-refractivity contribution is -0.142. The van der Waals surface area contributed by atoms with Crippen molar-refractivity contribution in [2.24, 2.45) is 5.10 Å². The molecule has 0 saturated heterocycles. The van der Waals surface area contributed by atoms with Crippen LogP contribution in [0.4, 0.5) is 13.9 Å². The number of thiazole rings is 1. The number of hydrogen-bond acceptors (Lipinski definition) is 6. The number of hydrazone groups is 1.